The molecule has 0 aliphatic heterocycles. The van der Waals surface area contributed by atoms with E-state index in [9.17, 15) is 4.79 Å². The van der Waals surface area contributed by atoms with Crippen molar-refractivity contribution < 1.29 is 23.7 Å². The Kier molecular flexibility index (Phi) is 5.71. The van der Waals surface area contributed by atoms with Crippen molar-refractivity contribution in [3.63, 3.8) is 0 Å². The molecule has 1 rings (SSSR count). The summed E-state index contributed by atoms with van der Waals surface area (Å²) in [5.74, 6) is 1.05. The number of carbonyl (C=O) groups excluding carboxylic acids is 1. The standard InChI is InChI=1S/C14H19NO5/c1-15(2)9-13(14(16)19-5)20-10-6-7-11(17-3)12(8-10)18-4/h6-9H,1-5H3/b13-9+. The molecule has 0 atom stereocenters. The third-order valence-electron chi connectivity index (χ3n) is 2.34. The van der Waals surface area contributed by atoms with Crippen molar-refractivity contribution in [1.82, 2.24) is 4.90 Å². The van der Waals surface area contributed by atoms with Crippen molar-refractivity contribution in [3.8, 4) is 17.2 Å². The number of ether oxygens (including phenoxy) is 4. The molecule has 0 amide bonds. The van der Waals surface area contributed by atoms with Crippen LogP contribution in [-0.2, 0) is 9.53 Å². The van der Waals surface area contributed by atoms with Crippen LogP contribution in [0.5, 0.6) is 17.2 Å². The number of carbonyl (C=O) groups is 1. The third kappa shape index (κ3) is 4.08. The van der Waals surface area contributed by atoms with Crippen LogP contribution in [-0.4, -0.2) is 46.3 Å². The Morgan fingerprint density at radius 2 is 1.75 bits per heavy atom. The Labute approximate surface area is 118 Å². The summed E-state index contributed by atoms with van der Waals surface area (Å²) in [6.07, 6.45) is 1.53. The molecule has 6 nitrogen and oxygen atoms in total. The Morgan fingerprint density at radius 3 is 2.25 bits per heavy atom. The lowest BCUT2D eigenvalue weighted by Crippen LogP contribution is -2.15. The van der Waals surface area contributed by atoms with E-state index in [4.69, 9.17) is 14.2 Å². The van der Waals surface area contributed by atoms with Crippen molar-refractivity contribution in [2.45, 2.75) is 0 Å². The van der Waals surface area contributed by atoms with Crippen molar-refractivity contribution in [1.29, 1.82) is 0 Å². The molecule has 6 heteroatoms. The van der Waals surface area contributed by atoms with Gasteiger partial charge in [-0.25, -0.2) is 4.79 Å². The Morgan fingerprint density at radius 1 is 1.10 bits per heavy atom. The van der Waals surface area contributed by atoms with Crippen molar-refractivity contribution in [2.75, 3.05) is 35.4 Å². The van der Waals surface area contributed by atoms with Crippen LogP contribution in [0.2, 0.25) is 0 Å². The summed E-state index contributed by atoms with van der Waals surface area (Å²) in [5.41, 5.74) is 0. The van der Waals surface area contributed by atoms with Gasteiger partial charge in [-0.3, -0.25) is 0 Å². The largest absolute Gasteiger partial charge is 0.493 e. The van der Waals surface area contributed by atoms with Crippen LogP contribution in [0.3, 0.4) is 0 Å². The number of hydrogen-bond acceptors (Lipinski definition) is 6. The van der Waals surface area contributed by atoms with Gasteiger partial charge in [0.05, 0.1) is 21.3 Å². The number of nitrogens with zero attached hydrogens (tertiary/aromatic N) is 1. The smallest absolute Gasteiger partial charge is 0.375 e. The van der Waals surface area contributed by atoms with E-state index in [-0.39, 0.29) is 5.76 Å². The fourth-order valence-electron chi connectivity index (χ4n) is 1.46. The first-order chi connectivity index (χ1) is 9.51. The van der Waals surface area contributed by atoms with Crippen LogP contribution in [0.4, 0.5) is 0 Å². The Hall–Kier alpha value is -2.37. The van der Waals surface area contributed by atoms with E-state index in [1.54, 1.807) is 44.3 Å². The zero-order valence-electron chi connectivity index (χ0n) is 12.3. The van der Waals surface area contributed by atoms with Gasteiger partial charge in [-0.2, -0.15) is 0 Å². The first-order valence-electron chi connectivity index (χ1n) is 5.88. The van der Waals surface area contributed by atoms with Gasteiger partial charge in [0.15, 0.2) is 11.5 Å². The third-order valence-corrected chi connectivity index (χ3v) is 2.34. The second-order valence-corrected chi connectivity index (χ2v) is 4.07. The molecule has 1 aromatic rings. The zero-order chi connectivity index (χ0) is 15.1. The van der Waals surface area contributed by atoms with Gasteiger partial charge in [-0.15, -0.1) is 0 Å². The summed E-state index contributed by atoms with van der Waals surface area (Å²) in [4.78, 5) is 13.3. The number of methoxy groups -OCH3 is 3. The summed E-state index contributed by atoms with van der Waals surface area (Å²) in [7, 11) is 7.92. The number of rotatable bonds is 6. The predicted octanol–water partition coefficient (Wildman–Crippen LogP) is 1.66. The molecule has 0 unspecified atom stereocenters. The highest BCUT2D eigenvalue weighted by Crippen LogP contribution is 2.31. The van der Waals surface area contributed by atoms with Crippen molar-refractivity contribution >= 4 is 5.97 Å². The quantitative estimate of drug-likeness (QED) is 0.449. The first-order valence-corrected chi connectivity index (χ1v) is 5.88. The van der Waals surface area contributed by atoms with Crippen molar-refractivity contribution in [2.24, 2.45) is 0 Å². The fraction of sp³-hybridized carbons (Fsp3) is 0.357. The second kappa shape index (κ2) is 7.28. The molecule has 1 aromatic carbocycles. The molecule has 0 aromatic heterocycles. The molecule has 0 aliphatic carbocycles. The molecular formula is C14H19NO5. The van der Waals surface area contributed by atoms with Crippen LogP contribution < -0.4 is 14.2 Å². The molecule has 0 aliphatic rings. The lowest BCUT2D eigenvalue weighted by Gasteiger charge is -2.13. The highest BCUT2D eigenvalue weighted by molar-refractivity contribution is 5.86. The topological polar surface area (TPSA) is 57.2 Å². The fourth-order valence-corrected chi connectivity index (χ4v) is 1.46. The molecule has 0 radical (unpaired) electrons. The van der Waals surface area contributed by atoms with Gasteiger partial charge in [-0.05, 0) is 12.1 Å². The molecule has 0 saturated carbocycles. The van der Waals surface area contributed by atoms with E-state index in [2.05, 4.69) is 4.74 Å². The molecule has 20 heavy (non-hydrogen) atoms. The maximum absolute atomic E-state index is 11.6. The van der Waals surface area contributed by atoms with Gasteiger partial charge >= 0.3 is 5.97 Å². The summed E-state index contributed by atoms with van der Waals surface area (Å²) in [6, 6.07) is 5.00. The molecule has 0 bridgehead atoms. The minimum absolute atomic E-state index is 0.0738. The van der Waals surface area contributed by atoms with Crippen molar-refractivity contribution in [3.05, 3.63) is 30.2 Å². The van der Waals surface area contributed by atoms with E-state index in [1.807, 2.05) is 0 Å². The van der Waals surface area contributed by atoms with Gasteiger partial charge in [0.25, 0.3) is 0 Å². The molecular weight excluding hydrogens is 262 g/mol. The minimum Gasteiger partial charge on any atom is -0.493 e. The molecule has 0 N–H and O–H groups in total. The Bertz CT molecular complexity index is 496. The lowest BCUT2D eigenvalue weighted by molar-refractivity contribution is -0.138. The summed E-state index contributed by atoms with van der Waals surface area (Å²) in [6.45, 7) is 0. The highest BCUT2D eigenvalue weighted by atomic mass is 16.6. The molecule has 0 spiro atoms. The zero-order valence-corrected chi connectivity index (χ0v) is 12.3. The summed E-state index contributed by atoms with van der Waals surface area (Å²) in [5, 5.41) is 0. The minimum atomic E-state index is -0.562. The number of benzene rings is 1. The molecule has 0 fully saturated rings. The average Bonchev–Trinajstić information content (AvgIpc) is 2.45. The Balaban J connectivity index is 3.02. The summed E-state index contributed by atoms with van der Waals surface area (Å²) < 4.78 is 20.5. The highest BCUT2D eigenvalue weighted by Gasteiger charge is 2.14. The molecule has 110 valence electrons. The van der Waals surface area contributed by atoms with E-state index in [0.29, 0.717) is 17.2 Å². The van der Waals surface area contributed by atoms with E-state index < -0.39 is 5.97 Å². The monoisotopic (exact) mass is 281 g/mol. The van der Waals surface area contributed by atoms with Gasteiger partial charge < -0.3 is 23.8 Å². The number of hydrogen-bond donors (Lipinski definition) is 0. The van der Waals surface area contributed by atoms with Crippen LogP contribution in [0, 0.1) is 0 Å². The maximum atomic E-state index is 11.6. The average molecular weight is 281 g/mol. The van der Waals surface area contributed by atoms with Crippen LogP contribution in [0.1, 0.15) is 0 Å². The first kappa shape index (κ1) is 15.7. The predicted molar refractivity (Wildman–Crippen MR) is 74.0 cm³/mol. The van der Waals surface area contributed by atoms with Gasteiger partial charge in [0, 0.05) is 26.4 Å². The van der Waals surface area contributed by atoms with Crippen LogP contribution in [0.25, 0.3) is 0 Å². The van der Waals surface area contributed by atoms with E-state index in [0.717, 1.165) is 0 Å². The van der Waals surface area contributed by atoms with E-state index >= 15 is 0 Å². The van der Waals surface area contributed by atoms with Crippen LogP contribution in [0.15, 0.2) is 30.2 Å². The van der Waals surface area contributed by atoms with Gasteiger partial charge in [0.1, 0.15) is 5.75 Å². The van der Waals surface area contributed by atoms with E-state index in [1.165, 1.54) is 20.4 Å². The molecule has 0 saturated heterocycles. The van der Waals surface area contributed by atoms with Gasteiger partial charge in [0.2, 0.25) is 5.76 Å². The summed E-state index contributed by atoms with van der Waals surface area (Å²) >= 11 is 0. The van der Waals surface area contributed by atoms with Crippen LogP contribution >= 0.6 is 0 Å². The second-order valence-electron chi connectivity index (χ2n) is 4.07. The lowest BCUT2D eigenvalue weighted by atomic mass is 10.3. The maximum Gasteiger partial charge on any atom is 0.375 e. The SMILES string of the molecule is COC(=O)/C(=C\N(C)C)Oc1ccc(OC)c(OC)c1. The van der Waals surface area contributed by atoms with Gasteiger partial charge in [-0.1, -0.05) is 0 Å². The number of esters is 1. The normalized spacial score (nSPS) is 10.8. The molecule has 0 heterocycles.